The zero-order valence-corrected chi connectivity index (χ0v) is 7.03. The summed E-state index contributed by atoms with van der Waals surface area (Å²) in [5, 5.41) is 6.86. The molecule has 0 spiro atoms. The van der Waals surface area contributed by atoms with E-state index >= 15 is 0 Å². The molecule has 2 aromatic rings. The third kappa shape index (κ3) is 1.42. The molecule has 2 aromatic heterocycles. The lowest BCUT2D eigenvalue weighted by atomic mass is 10.7. The summed E-state index contributed by atoms with van der Waals surface area (Å²) in [6, 6.07) is 0. The Bertz CT molecular complexity index is 352. The molecule has 2 N–H and O–H groups in total. The van der Waals surface area contributed by atoms with Crippen molar-refractivity contribution in [2.75, 3.05) is 5.73 Å². The van der Waals surface area contributed by atoms with Crippen molar-refractivity contribution in [3.63, 3.8) is 0 Å². The summed E-state index contributed by atoms with van der Waals surface area (Å²) in [6.07, 6.45) is 3.36. The third-order valence-corrected chi connectivity index (χ3v) is 2.10. The standard InChI is InChI=1S/C6H7N5S/c7-6-9-4-11(10-6)3-5-8-1-2-12-5/h1-2,4H,3H2,(H2,7,10). The highest BCUT2D eigenvalue weighted by molar-refractivity contribution is 7.09. The SMILES string of the molecule is Nc1ncn(Cc2nccs2)n1. The van der Waals surface area contributed by atoms with Gasteiger partial charge in [0.25, 0.3) is 0 Å². The molecule has 0 aliphatic rings. The van der Waals surface area contributed by atoms with Crippen molar-refractivity contribution in [1.82, 2.24) is 19.7 Å². The van der Waals surface area contributed by atoms with Crippen molar-refractivity contribution in [3.8, 4) is 0 Å². The molecular formula is C6H7N5S. The number of aromatic nitrogens is 4. The summed E-state index contributed by atoms with van der Waals surface area (Å²) in [4.78, 5) is 7.91. The Hall–Kier alpha value is -1.43. The van der Waals surface area contributed by atoms with Gasteiger partial charge in [-0.1, -0.05) is 0 Å². The van der Waals surface area contributed by atoms with Crippen LogP contribution in [0.4, 0.5) is 5.95 Å². The van der Waals surface area contributed by atoms with E-state index in [-0.39, 0.29) is 0 Å². The minimum atomic E-state index is 0.298. The molecule has 0 saturated carbocycles. The minimum absolute atomic E-state index is 0.298. The van der Waals surface area contributed by atoms with Crippen LogP contribution in [0.15, 0.2) is 17.9 Å². The van der Waals surface area contributed by atoms with Gasteiger partial charge in [0.2, 0.25) is 5.95 Å². The fraction of sp³-hybridized carbons (Fsp3) is 0.167. The Balaban J connectivity index is 2.14. The van der Waals surface area contributed by atoms with Gasteiger partial charge in [-0.25, -0.2) is 14.6 Å². The topological polar surface area (TPSA) is 69.6 Å². The molecule has 0 atom stereocenters. The fourth-order valence-electron chi connectivity index (χ4n) is 0.855. The Morgan fingerprint density at radius 1 is 1.50 bits per heavy atom. The first-order chi connectivity index (χ1) is 5.84. The Labute approximate surface area is 72.9 Å². The van der Waals surface area contributed by atoms with Gasteiger partial charge in [0.1, 0.15) is 11.3 Å². The molecule has 0 aliphatic carbocycles. The second-order valence-corrected chi connectivity index (χ2v) is 3.21. The van der Waals surface area contributed by atoms with Crippen molar-refractivity contribution in [3.05, 3.63) is 22.9 Å². The van der Waals surface area contributed by atoms with E-state index < -0.39 is 0 Å². The van der Waals surface area contributed by atoms with Crippen molar-refractivity contribution >= 4 is 17.3 Å². The number of hydrogen-bond acceptors (Lipinski definition) is 5. The lowest BCUT2D eigenvalue weighted by molar-refractivity contribution is 0.684. The average Bonchev–Trinajstić information content (AvgIpc) is 2.63. The van der Waals surface area contributed by atoms with Gasteiger partial charge in [-0.2, -0.15) is 0 Å². The molecule has 0 bridgehead atoms. The molecule has 0 radical (unpaired) electrons. The van der Waals surface area contributed by atoms with Gasteiger partial charge < -0.3 is 5.73 Å². The molecule has 0 unspecified atom stereocenters. The maximum atomic E-state index is 5.35. The zero-order chi connectivity index (χ0) is 8.39. The molecule has 0 aromatic carbocycles. The highest BCUT2D eigenvalue weighted by Gasteiger charge is 1.98. The first-order valence-corrected chi connectivity index (χ1v) is 4.26. The van der Waals surface area contributed by atoms with E-state index in [1.807, 2.05) is 5.38 Å². The normalized spacial score (nSPS) is 10.3. The largest absolute Gasteiger partial charge is 0.367 e. The fourth-order valence-corrected chi connectivity index (χ4v) is 1.46. The van der Waals surface area contributed by atoms with Crippen LogP contribution in [0.25, 0.3) is 0 Å². The van der Waals surface area contributed by atoms with Crippen LogP contribution in [0.2, 0.25) is 0 Å². The van der Waals surface area contributed by atoms with Crippen LogP contribution in [0.3, 0.4) is 0 Å². The number of thiazole rings is 1. The molecule has 12 heavy (non-hydrogen) atoms. The molecule has 2 rings (SSSR count). The van der Waals surface area contributed by atoms with Crippen LogP contribution < -0.4 is 5.73 Å². The van der Waals surface area contributed by atoms with E-state index in [1.165, 1.54) is 0 Å². The molecule has 0 saturated heterocycles. The van der Waals surface area contributed by atoms with Crippen LogP contribution in [0.1, 0.15) is 5.01 Å². The molecule has 6 heteroatoms. The van der Waals surface area contributed by atoms with Gasteiger partial charge in [-0.3, -0.25) is 0 Å². The van der Waals surface area contributed by atoms with Crippen LogP contribution >= 0.6 is 11.3 Å². The maximum Gasteiger partial charge on any atom is 0.239 e. The van der Waals surface area contributed by atoms with E-state index in [0.717, 1.165) is 5.01 Å². The van der Waals surface area contributed by atoms with Gasteiger partial charge in [0.15, 0.2) is 0 Å². The van der Waals surface area contributed by atoms with Crippen LogP contribution in [0.5, 0.6) is 0 Å². The second kappa shape index (κ2) is 2.90. The lowest BCUT2D eigenvalue weighted by Gasteiger charge is -1.93. The molecule has 62 valence electrons. The first-order valence-electron chi connectivity index (χ1n) is 3.38. The molecule has 0 aliphatic heterocycles. The van der Waals surface area contributed by atoms with E-state index in [1.54, 1.807) is 28.5 Å². The van der Waals surface area contributed by atoms with E-state index in [2.05, 4.69) is 15.1 Å². The summed E-state index contributed by atoms with van der Waals surface area (Å²) in [5.74, 6) is 0.298. The number of anilines is 1. The van der Waals surface area contributed by atoms with E-state index in [0.29, 0.717) is 12.5 Å². The number of nitrogen functional groups attached to an aromatic ring is 1. The minimum Gasteiger partial charge on any atom is -0.367 e. The maximum absolute atomic E-state index is 5.35. The number of hydrogen-bond donors (Lipinski definition) is 1. The number of nitrogens with two attached hydrogens (primary N) is 1. The molecule has 0 fully saturated rings. The number of nitrogens with zero attached hydrogens (tertiary/aromatic N) is 4. The van der Waals surface area contributed by atoms with E-state index in [9.17, 15) is 0 Å². The van der Waals surface area contributed by atoms with Crippen LogP contribution in [0, 0.1) is 0 Å². The number of rotatable bonds is 2. The van der Waals surface area contributed by atoms with Gasteiger partial charge >= 0.3 is 0 Å². The van der Waals surface area contributed by atoms with Crippen molar-refractivity contribution in [1.29, 1.82) is 0 Å². The summed E-state index contributed by atoms with van der Waals surface area (Å²) in [6.45, 7) is 0.641. The van der Waals surface area contributed by atoms with E-state index in [4.69, 9.17) is 5.73 Å². The second-order valence-electron chi connectivity index (χ2n) is 2.23. The van der Waals surface area contributed by atoms with Crippen LogP contribution in [-0.2, 0) is 6.54 Å². The monoisotopic (exact) mass is 181 g/mol. The molecular weight excluding hydrogens is 174 g/mol. The van der Waals surface area contributed by atoms with Gasteiger partial charge in [0, 0.05) is 11.6 Å². The highest BCUT2D eigenvalue weighted by atomic mass is 32.1. The predicted molar refractivity (Wildman–Crippen MR) is 45.7 cm³/mol. The first kappa shape index (κ1) is 7.23. The summed E-state index contributed by atoms with van der Waals surface area (Å²) in [7, 11) is 0. The van der Waals surface area contributed by atoms with Crippen molar-refractivity contribution in [2.45, 2.75) is 6.54 Å². The summed E-state index contributed by atoms with van der Waals surface area (Å²) >= 11 is 1.59. The van der Waals surface area contributed by atoms with Crippen LogP contribution in [-0.4, -0.2) is 19.7 Å². The predicted octanol–water partition coefficient (Wildman–Crippen LogP) is 0.365. The quantitative estimate of drug-likeness (QED) is 0.726. The molecule has 2 heterocycles. The zero-order valence-electron chi connectivity index (χ0n) is 6.21. The lowest BCUT2D eigenvalue weighted by Crippen LogP contribution is -2.00. The molecule has 0 amide bonds. The third-order valence-electron chi connectivity index (χ3n) is 1.33. The molecule has 5 nitrogen and oxygen atoms in total. The highest BCUT2D eigenvalue weighted by Crippen LogP contribution is 2.05. The Morgan fingerprint density at radius 3 is 3.00 bits per heavy atom. The van der Waals surface area contributed by atoms with Crippen molar-refractivity contribution in [2.24, 2.45) is 0 Å². The average molecular weight is 181 g/mol. The summed E-state index contributed by atoms with van der Waals surface area (Å²) in [5.41, 5.74) is 5.35. The van der Waals surface area contributed by atoms with Gasteiger partial charge in [-0.05, 0) is 0 Å². The Kier molecular flexibility index (Phi) is 1.75. The Morgan fingerprint density at radius 2 is 2.42 bits per heavy atom. The van der Waals surface area contributed by atoms with Gasteiger partial charge in [0.05, 0.1) is 6.54 Å². The summed E-state index contributed by atoms with van der Waals surface area (Å²) < 4.78 is 1.66. The van der Waals surface area contributed by atoms with Crippen molar-refractivity contribution < 1.29 is 0 Å². The van der Waals surface area contributed by atoms with Gasteiger partial charge in [-0.15, -0.1) is 16.4 Å². The smallest absolute Gasteiger partial charge is 0.239 e.